The molecular weight excluding hydrogens is 322 g/mol. The number of carbonyl (C=O) groups is 2. The fraction of sp³-hybridized carbons (Fsp3) is 0.176. The van der Waals surface area contributed by atoms with E-state index in [0.717, 1.165) is 24.4 Å². The quantitative estimate of drug-likeness (QED) is 0.679. The lowest BCUT2D eigenvalue weighted by molar-refractivity contribution is -0.122. The van der Waals surface area contributed by atoms with Crippen molar-refractivity contribution in [2.75, 3.05) is 0 Å². The predicted molar refractivity (Wildman–Crippen MR) is 91.8 cm³/mol. The molecule has 25 heavy (non-hydrogen) atoms. The summed E-state index contributed by atoms with van der Waals surface area (Å²) >= 11 is 0. The number of carbonyl (C=O) groups excluding carboxylic acids is 1. The number of benzene rings is 1. The zero-order valence-corrected chi connectivity index (χ0v) is 13.7. The average Bonchev–Trinajstić information content (AvgIpc) is 3.22. The maximum absolute atomic E-state index is 11.1. The van der Waals surface area contributed by atoms with Crippen molar-refractivity contribution < 1.29 is 14.7 Å². The van der Waals surface area contributed by atoms with Gasteiger partial charge >= 0.3 is 0 Å². The number of carboxylic acid groups (broad SMARTS) is 1. The van der Waals surface area contributed by atoms with E-state index in [1.54, 1.807) is 23.0 Å². The molecule has 8 nitrogen and oxygen atoms in total. The van der Waals surface area contributed by atoms with Crippen LogP contribution in [0.5, 0.6) is 0 Å². The fourth-order valence-corrected chi connectivity index (χ4v) is 2.38. The minimum absolute atomic E-state index is 0.250. The average molecular weight is 341 g/mol. The third kappa shape index (κ3) is 4.77. The van der Waals surface area contributed by atoms with Gasteiger partial charge in [0.2, 0.25) is 5.91 Å². The van der Waals surface area contributed by atoms with E-state index in [1.165, 1.54) is 5.56 Å². The molecule has 8 heteroatoms. The van der Waals surface area contributed by atoms with Crippen LogP contribution in [0.1, 0.15) is 15.9 Å². The van der Waals surface area contributed by atoms with E-state index in [1.807, 2.05) is 37.8 Å². The minimum Gasteiger partial charge on any atom is -0.483 e. The van der Waals surface area contributed by atoms with E-state index < -0.39 is 5.91 Å². The highest BCUT2D eigenvalue weighted by Gasteiger charge is 2.08. The molecule has 0 saturated heterocycles. The molecule has 2 heterocycles. The van der Waals surface area contributed by atoms with E-state index in [2.05, 4.69) is 14.6 Å². The van der Waals surface area contributed by atoms with Crippen LogP contribution in [0.2, 0.25) is 0 Å². The molecule has 2 aromatic heterocycles. The van der Waals surface area contributed by atoms with Gasteiger partial charge in [0.25, 0.3) is 6.47 Å². The summed E-state index contributed by atoms with van der Waals surface area (Å²) in [5, 5.41) is 11.1. The molecule has 3 N–H and O–H groups in total. The Morgan fingerprint density at radius 1 is 1.32 bits per heavy atom. The van der Waals surface area contributed by atoms with E-state index in [4.69, 9.17) is 15.6 Å². The van der Waals surface area contributed by atoms with Gasteiger partial charge in [-0.25, -0.2) is 4.98 Å². The first-order valence-corrected chi connectivity index (χ1v) is 7.52. The van der Waals surface area contributed by atoms with Gasteiger partial charge in [0.1, 0.15) is 5.82 Å². The summed E-state index contributed by atoms with van der Waals surface area (Å²) in [6.45, 7) is 0.568. The van der Waals surface area contributed by atoms with Crippen LogP contribution in [0.15, 0.2) is 49.1 Å². The molecule has 0 fully saturated rings. The summed E-state index contributed by atoms with van der Waals surface area (Å²) in [4.78, 5) is 23.9. The number of amides is 1. The molecule has 0 radical (unpaired) electrons. The van der Waals surface area contributed by atoms with Gasteiger partial charge in [-0.3, -0.25) is 14.3 Å². The zero-order valence-electron chi connectivity index (χ0n) is 13.7. The lowest BCUT2D eigenvalue weighted by Crippen LogP contribution is -2.10. The van der Waals surface area contributed by atoms with Gasteiger partial charge in [0.05, 0.1) is 6.20 Å². The van der Waals surface area contributed by atoms with Gasteiger partial charge < -0.3 is 15.4 Å². The van der Waals surface area contributed by atoms with E-state index in [-0.39, 0.29) is 6.47 Å². The van der Waals surface area contributed by atoms with Gasteiger partial charge in [-0.2, -0.15) is 5.10 Å². The molecule has 0 saturated carbocycles. The summed E-state index contributed by atoms with van der Waals surface area (Å²) in [6, 6.07) is 7.17. The van der Waals surface area contributed by atoms with Crippen molar-refractivity contribution in [3.05, 3.63) is 60.2 Å². The lowest BCUT2D eigenvalue weighted by Gasteiger charge is -2.07. The molecule has 0 spiro atoms. The van der Waals surface area contributed by atoms with Crippen LogP contribution in [0.4, 0.5) is 0 Å². The largest absolute Gasteiger partial charge is 0.483 e. The Kier molecular flexibility index (Phi) is 6.05. The second kappa shape index (κ2) is 8.44. The fourth-order valence-electron chi connectivity index (χ4n) is 2.38. The molecule has 0 bridgehead atoms. The van der Waals surface area contributed by atoms with Gasteiger partial charge in [-0.05, 0) is 24.1 Å². The van der Waals surface area contributed by atoms with Crippen molar-refractivity contribution in [3.8, 4) is 11.4 Å². The molecule has 1 amide bonds. The molecule has 0 unspecified atom stereocenters. The van der Waals surface area contributed by atoms with Crippen molar-refractivity contribution in [1.82, 2.24) is 19.3 Å². The Labute approximate surface area is 144 Å². The highest BCUT2D eigenvalue weighted by Crippen LogP contribution is 2.18. The lowest BCUT2D eigenvalue weighted by atomic mass is 10.1. The number of rotatable bonds is 5. The van der Waals surface area contributed by atoms with E-state index in [0.29, 0.717) is 5.56 Å². The summed E-state index contributed by atoms with van der Waals surface area (Å²) in [5.74, 6) is 0.450. The second-order valence-corrected chi connectivity index (χ2v) is 5.26. The molecule has 0 aliphatic rings. The maximum atomic E-state index is 11.1. The number of imidazole rings is 1. The third-order valence-electron chi connectivity index (χ3n) is 3.54. The number of nitrogens with zero attached hydrogens (tertiary/aromatic N) is 4. The maximum Gasteiger partial charge on any atom is 0.290 e. The van der Waals surface area contributed by atoms with Gasteiger partial charge in [0, 0.05) is 43.3 Å². The number of hydrogen-bond acceptors (Lipinski definition) is 4. The van der Waals surface area contributed by atoms with Gasteiger partial charge in [0.15, 0.2) is 0 Å². The molecule has 3 rings (SSSR count). The van der Waals surface area contributed by atoms with Crippen LogP contribution in [0.3, 0.4) is 0 Å². The first kappa shape index (κ1) is 17.9. The molecule has 0 atom stereocenters. The second-order valence-electron chi connectivity index (χ2n) is 5.26. The molecule has 1 aromatic carbocycles. The van der Waals surface area contributed by atoms with Gasteiger partial charge in [-0.15, -0.1) is 0 Å². The van der Waals surface area contributed by atoms with Crippen LogP contribution >= 0.6 is 0 Å². The number of aryl methyl sites for hydroxylation is 3. The predicted octanol–water partition coefficient (Wildman–Crippen LogP) is 1.33. The standard InChI is InChI=1S/C16H17N5O.CH2O2/c1-20-11-12(10-19-20)6-8-21-9-7-18-16(21)14-4-2-13(3-5-14)15(17)22;2-1-3/h2-5,7,9-11H,6,8H2,1H3,(H2,17,22);1H,(H,2,3). The molecular formula is C17H19N5O3. The summed E-state index contributed by atoms with van der Waals surface area (Å²) < 4.78 is 3.89. The number of primary amides is 1. The first-order chi connectivity index (χ1) is 12.0. The summed E-state index contributed by atoms with van der Waals surface area (Å²) in [5.41, 5.74) is 7.90. The van der Waals surface area contributed by atoms with Crippen molar-refractivity contribution in [3.63, 3.8) is 0 Å². The Morgan fingerprint density at radius 3 is 2.56 bits per heavy atom. The van der Waals surface area contributed by atoms with Gasteiger partial charge in [-0.1, -0.05) is 12.1 Å². The first-order valence-electron chi connectivity index (χ1n) is 7.52. The Bertz CT molecular complexity index is 836. The van der Waals surface area contributed by atoms with Crippen LogP contribution in [0, 0.1) is 0 Å². The molecule has 130 valence electrons. The van der Waals surface area contributed by atoms with Crippen molar-refractivity contribution in [2.45, 2.75) is 13.0 Å². The number of nitrogens with two attached hydrogens (primary N) is 1. The van der Waals surface area contributed by atoms with Crippen LogP contribution < -0.4 is 5.73 Å². The Balaban J connectivity index is 0.000000701. The van der Waals surface area contributed by atoms with Crippen molar-refractivity contribution in [2.24, 2.45) is 12.8 Å². The van der Waals surface area contributed by atoms with Crippen LogP contribution in [-0.4, -0.2) is 36.8 Å². The zero-order chi connectivity index (χ0) is 18.2. The Morgan fingerprint density at radius 2 is 2.00 bits per heavy atom. The van der Waals surface area contributed by atoms with Crippen LogP contribution in [-0.2, 0) is 24.8 Å². The molecule has 0 aliphatic heterocycles. The van der Waals surface area contributed by atoms with Crippen molar-refractivity contribution >= 4 is 12.4 Å². The van der Waals surface area contributed by atoms with Crippen molar-refractivity contribution in [1.29, 1.82) is 0 Å². The SMILES string of the molecule is Cn1cc(CCn2ccnc2-c2ccc(C(N)=O)cc2)cn1.O=CO. The summed E-state index contributed by atoms with van der Waals surface area (Å²) in [6.07, 6.45) is 8.50. The normalized spacial score (nSPS) is 9.96. The van der Waals surface area contributed by atoms with E-state index >= 15 is 0 Å². The smallest absolute Gasteiger partial charge is 0.290 e. The monoisotopic (exact) mass is 341 g/mol. The third-order valence-corrected chi connectivity index (χ3v) is 3.54. The van der Waals surface area contributed by atoms with Crippen LogP contribution in [0.25, 0.3) is 11.4 Å². The number of aromatic nitrogens is 4. The number of hydrogen-bond donors (Lipinski definition) is 2. The Hall–Kier alpha value is -3.42. The highest BCUT2D eigenvalue weighted by molar-refractivity contribution is 5.93. The molecule has 3 aromatic rings. The summed E-state index contributed by atoms with van der Waals surface area (Å²) in [7, 11) is 1.91. The topological polar surface area (TPSA) is 116 Å². The highest BCUT2D eigenvalue weighted by atomic mass is 16.3. The van der Waals surface area contributed by atoms with E-state index in [9.17, 15) is 4.79 Å². The molecule has 0 aliphatic carbocycles. The minimum atomic E-state index is -0.425.